The van der Waals surface area contributed by atoms with Crippen LogP contribution in [0.2, 0.25) is 0 Å². The second-order valence-corrected chi connectivity index (χ2v) is 4.89. The van der Waals surface area contributed by atoms with Crippen LogP contribution in [0.1, 0.15) is 20.3 Å². The van der Waals surface area contributed by atoms with E-state index < -0.39 is 6.10 Å². The smallest absolute Gasteiger partial charge is 0.119 e. The van der Waals surface area contributed by atoms with E-state index in [1.807, 2.05) is 36.1 Å². The maximum absolute atomic E-state index is 10.0. The first-order valence-corrected chi connectivity index (χ1v) is 7.56. The number of aliphatic hydroxyl groups is 2. The predicted molar refractivity (Wildman–Crippen MR) is 82.9 cm³/mol. The highest BCUT2D eigenvalue weighted by Crippen LogP contribution is 2.17. The highest BCUT2D eigenvalue weighted by atomic mass is 16.5. The maximum atomic E-state index is 10.0. The van der Waals surface area contributed by atoms with E-state index in [0.29, 0.717) is 25.4 Å². The topological polar surface area (TPSA) is 62.2 Å². The molecule has 2 N–H and O–H groups in total. The molecule has 21 heavy (non-hydrogen) atoms. The Hall–Kier alpha value is -1.30. The summed E-state index contributed by atoms with van der Waals surface area (Å²) in [4.78, 5) is 2.03. The van der Waals surface area contributed by atoms with E-state index in [0.717, 1.165) is 18.7 Å². The van der Waals surface area contributed by atoms with Gasteiger partial charge in [0.05, 0.1) is 13.2 Å². The third-order valence-electron chi connectivity index (χ3n) is 3.00. The fraction of sp³-hybridized carbons (Fsp3) is 0.625. The molecule has 0 amide bonds. The molecule has 0 unspecified atom stereocenters. The maximum Gasteiger partial charge on any atom is 0.119 e. The summed E-state index contributed by atoms with van der Waals surface area (Å²) in [6, 6.07) is 7.35. The highest BCUT2D eigenvalue weighted by molar-refractivity contribution is 5.31. The molecule has 0 saturated carbocycles. The van der Waals surface area contributed by atoms with Crippen molar-refractivity contribution < 1.29 is 19.7 Å². The molecule has 120 valence electrons. The molecule has 0 aliphatic heterocycles. The first kappa shape index (κ1) is 17.8. The SMILES string of the molecule is CCCN(CCO)C[C@H](O)COc1ccc(OCC)cc1. The van der Waals surface area contributed by atoms with Gasteiger partial charge in [0.25, 0.3) is 0 Å². The first-order valence-electron chi connectivity index (χ1n) is 7.56. The van der Waals surface area contributed by atoms with Crippen molar-refractivity contribution in [3.05, 3.63) is 24.3 Å². The molecule has 0 radical (unpaired) electrons. The van der Waals surface area contributed by atoms with Gasteiger partial charge in [0, 0.05) is 13.1 Å². The summed E-state index contributed by atoms with van der Waals surface area (Å²) in [5, 5.41) is 19.0. The van der Waals surface area contributed by atoms with E-state index in [1.165, 1.54) is 0 Å². The van der Waals surface area contributed by atoms with E-state index in [4.69, 9.17) is 14.6 Å². The summed E-state index contributed by atoms with van der Waals surface area (Å²) < 4.78 is 10.9. The zero-order valence-electron chi connectivity index (χ0n) is 13.0. The van der Waals surface area contributed by atoms with E-state index >= 15 is 0 Å². The minimum atomic E-state index is -0.574. The molecular weight excluding hydrogens is 270 g/mol. The van der Waals surface area contributed by atoms with Gasteiger partial charge < -0.3 is 19.7 Å². The summed E-state index contributed by atoms with van der Waals surface area (Å²) in [6.45, 7) is 6.94. The van der Waals surface area contributed by atoms with Gasteiger partial charge in [0.2, 0.25) is 0 Å². The molecule has 0 bridgehead atoms. The molecule has 0 spiro atoms. The fourth-order valence-electron chi connectivity index (χ4n) is 2.09. The Morgan fingerprint density at radius 2 is 1.67 bits per heavy atom. The largest absolute Gasteiger partial charge is 0.494 e. The summed E-state index contributed by atoms with van der Waals surface area (Å²) in [7, 11) is 0. The van der Waals surface area contributed by atoms with Crippen molar-refractivity contribution in [3.8, 4) is 11.5 Å². The molecule has 0 heterocycles. The number of rotatable bonds is 11. The number of hydrogen-bond acceptors (Lipinski definition) is 5. The second kappa shape index (κ2) is 10.4. The van der Waals surface area contributed by atoms with Crippen molar-refractivity contribution in [1.29, 1.82) is 0 Å². The summed E-state index contributed by atoms with van der Waals surface area (Å²) in [6.07, 6.45) is 0.418. The Morgan fingerprint density at radius 3 is 2.19 bits per heavy atom. The van der Waals surface area contributed by atoms with Gasteiger partial charge in [-0.25, -0.2) is 0 Å². The predicted octanol–water partition coefficient (Wildman–Crippen LogP) is 1.53. The average molecular weight is 297 g/mol. The second-order valence-electron chi connectivity index (χ2n) is 4.89. The number of nitrogens with zero attached hydrogens (tertiary/aromatic N) is 1. The Labute approximate surface area is 127 Å². The van der Waals surface area contributed by atoms with Gasteiger partial charge in [-0.2, -0.15) is 0 Å². The number of ether oxygens (including phenoxy) is 2. The van der Waals surface area contributed by atoms with Gasteiger partial charge in [0.1, 0.15) is 24.2 Å². The van der Waals surface area contributed by atoms with Gasteiger partial charge in [-0.05, 0) is 44.2 Å². The normalized spacial score (nSPS) is 12.4. The van der Waals surface area contributed by atoms with Crippen LogP contribution in [0.3, 0.4) is 0 Å². The Bertz CT molecular complexity index is 363. The highest BCUT2D eigenvalue weighted by Gasteiger charge is 2.11. The lowest BCUT2D eigenvalue weighted by molar-refractivity contribution is 0.0618. The third-order valence-corrected chi connectivity index (χ3v) is 3.00. The lowest BCUT2D eigenvalue weighted by atomic mass is 10.3. The fourth-order valence-corrected chi connectivity index (χ4v) is 2.09. The van der Waals surface area contributed by atoms with Crippen LogP contribution in [0.25, 0.3) is 0 Å². The average Bonchev–Trinajstić information content (AvgIpc) is 2.47. The van der Waals surface area contributed by atoms with E-state index in [-0.39, 0.29) is 13.2 Å². The van der Waals surface area contributed by atoms with Gasteiger partial charge in [-0.1, -0.05) is 6.92 Å². The first-order chi connectivity index (χ1) is 10.2. The van der Waals surface area contributed by atoms with Crippen LogP contribution in [0.15, 0.2) is 24.3 Å². The van der Waals surface area contributed by atoms with E-state index in [9.17, 15) is 5.11 Å². The molecule has 0 aliphatic carbocycles. The van der Waals surface area contributed by atoms with Crippen LogP contribution in [-0.4, -0.2) is 60.7 Å². The van der Waals surface area contributed by atoms with Gasteiger partial charge in [0.15, 0.2) is 0 Å². The van der Waals surface area contributed by atoms with Crippen LogP contribution in [0, 0.1) is 0 Å². The summed E-state index contributed by atoms with van der Waals surface area (Å²) in [5.41, 5.74) is 0. The molecule has 1 aromatic carbocycles. The zero-order chi connectivity index (χ0) is 15.5. The van der Waals surface area contributed by atoms with Crippen LogP contribution in [0.5, 0.6) is 11.5 Å². The molecule has 0 aromatic heterocycles. The van der Waals surface area contributed by atoms with Crippen LogP contribution >= 0.6 is 0 Å². The third kappa shape index (κ3) is 7.32. The van der Waals surface area contributed by atoms with Crippen molar-refractivity contribution in [2.75, 3.05) is 39.5 Å². The zero-order valence-corrected chi connectivity index (χ0v) is 13.0. The van der Waals surface area contributed by atoms with Crippen molar-refractivity contribution >= 4 is 0 Å². The molecule has 1 atom stereocenters. The minimum Gasteiger partial charge on any atom is -0.494 e. The Balaban J connectivity index is 2.35. The minimum absolute atomic E-state index is 0.104. The molecule has 5 nitrogen and oxygen atoms in total. The molecule has 0 saturated heterocycles. The van der Waals surface area contributed by atoms with Crippen molar-refractivity contribution in [3.63, 3.8) is 0 Å². The molecule has 0 aliphatic rings. The Morgan fingerprint density at radius 1 is 1.05 bits per heavy atom. The van der Waals surface area contributed by atoms with Crippen LogP contribution < -0.4 is 9.47 Å². The number of hydrogen-bond donors (Lipinski definition) is 2. The summed E-state index contributed by atoms with van der Waals surface area (Å²) >= 11 is 0. The lowest BCUT2D eigenvalue weighted by Crippen LogP contribution is -2.37. The van der Waals surface area contributed by atoms with Crippen molar-refractivity contribution in [1.82, 2.24) is 4.90 Å². The quantitative estimate of drug-likeness (QED) is 0.648. The van der Waals surface area contributed by atoms with Crippen molar-refractivity contribution in [2.45, 2.75) is 26.4 Å². The van der Waals surface area contributed by atoms with Gasteiger partial charge in [-0.15, -0.1) is 0 Å². The molecule has 1 rings (SSSR count). The standard InChI is InChI=1S/C16H27NO4/c1-3-9-17(10-11-18)12-14(19)13-21-16-7-5-15(6-8-16)20-4-2/h5-8,14,18-19H,3-4,9-13H2,1-2H3/t14-/m0/s1. The van der Waals surface area contributed by atoms with E-state index in [1.54, 1.807) is 0 Å². The molecule has 0 fully saturated rings. The van der Waals surface area contributed by atoms with Crippen molar-refractivity contribution in [2.24, 2.45) is 0 Å². The monoisotopic (exact) mass is 297 g/mol. The van der Waals surface area contributed by atoms with E-state index in [2.05, 4.69) is 6.92 Å². The number of aliphatic hydroxyl groups excluding tert-OH is 2. The van der Waals surface area contributed by atoms with Crippen LogP contribution in [-0.2, 0) is 0 Å². The van der Waals surface area contributed by atoms with Crippen LogP contribution in [0.4, 0.5) is 0 Å². The Kier molecular flexibility index (Phi) is 8.82. The lowest BCUT2D eigenvalue weighted by Gasteiger charge is -2.23. The number of benzene rings is 1. The summed E-state index contributed by atoms with van der Waals surface area (Å²) in [5.74, 6) is 1.52. The van der Waals surface area contributed by atoms with Gasteiger partial charge >= 0.3 is 0 Å². The molecule has 5 heteroatoms. The molecule has 1 aromatic rings. The van der Waals surface area contributed by atoms with Gasteiger partial charge in [-0.3, -0.25) is 4.90 Å². The molecular formula is C16H27NO4.